The summed E-state index contributed by atoms with van der Waals surface area (Å²) < 4.78 is 37.7. The predicted octanol–water partition coefficient (Wildman–Crippen LogP) is 4.57. The van der Waals surface area contributed by atoms with Gasteiger partial charge in [0.2, 0.25) is 0 Å². The molecule has 0 bridgehead atoms. The predicted molar refractivity (Wildman–Crippen MR) is 51.8 cm³/mol. The van der Waals surface area contributed by atoms with Crippen LogP contribution in [0.4, 0.5) is 13.2 Å². The largest absolute Gasteiger partial charge is 0.416 e. The first-order valence-corrected chi connectivity index (χ1v) is 4.98. The van der Waals surface area contributed by atoms with E-state index in [0.29, 0.717) is 10.1 Å². The Morgan fingerprint density at radius 3 is 2.57 bits per heavy atom. The summed E-state index contributed by atoms with van der Waals surface area (Å²) >= 11 is 7.05. The minimum Gasteiger partial charge on any atom is -0.166 e. The highest BCUT2D eigenvalue weighted by molar-refractivity contribution is 7.17. The maximum Gasteiger partial charge on any atom is 0.416 e. The third-order valence-electron chi connectivity index (χ3n) is 1.83. The van der Waals surface area contributed by atoms with Crippen LogP contribution < -0.4 is 0 Å². The van der Waals surface area contributed by atoms with Crippen molar-refractivity contribution in [3.05, 3.63) is 34.2 Å². The molecule has 0 atom stereocenters. The minimum absolute atomic E-state index is 0.157. The summed E-state index contributed by atoms with van der Waals surface area (Å²) in [7, 11) is 0. The van der Waals surface area contributed by atoms with E-state index in [1.165, 1.54) is 11.3 Å². The number of fused-ring (bicyclic) bond motifs is 1. The van der Waals surface area contributed by atoms with Gasteiger partial charge in [-0.2, -0.15) is 13.2 Å². The van der Waals surface area contributed by atoms with Gasteiger partial charge < -0.3 is 0 Å². The maximum absolute atomic E-state index is 12.3. The molecule has 1 aromatic carbocycles. The molecule has 1 aromatic heterocycles. The fraction of sp³-hybridized carbons (Fsp3) is 0.111. The number of hydrogen-bond donors (Lipinski definition) is 0. The van der Waals surface area contributed by atoms with Gasteiger partial charge in [-0.15, -0.1) is 11.3 Å². The lowest BCUT2D eigenvalue weighted by Crippen LogP contribution is -2.04. The first-order valence-electron chi connectivity index (χ1n) is 3.72. The molecule has 5 heteroatoms. The molecule has 2 aromatic rings. The lowest BCUT2D eigenvalue weighted by molar-refractivity contribution is -0.137. The SMILES string of the molecule is FC(F)(F)c1cc(Cl)c2sccc2c1. The Hall–Kier alpha value is -0.740. The molecule has 0 radical (unpaired) electrons. The second-order valence-corrected chi connectivity index (χ2v) is 4.12. The number of thiophene rings is 1. The number of alkyl halides is 3. The van der Waals surface area contributed by atoms with Crippen molar-refractivity contribution in [2.45, 2.75) is 6.18 Å². The molecule has 0 nitrogen and oxygen atoms in total. The highest BCUT2D eigenvalue weighted by atomic mass is 35.5. The molecule has 2 rings (SSSR count). The van der Waals surface area contributed by atoms with Crippen LogP contribution in [0.1, 0.15) is 5.56 Å². The van der Waals surface area contributed by atoms with Gasteiger partial charge in [-0.3, -0.25) is 0 Å². The summed E-state index contributed by atoms with van der Waals surface area (Å²) in [6.07, 6.45) is -4.33. The van der Waals surface area contributed by atoms with Crippen LogP contribution in [-0.4, -0.2) is 0 Å². The molecule has 0 aliphatic carbocycles. The van der Waals surface area contributed by atoms with Crippen LogP contribution in [-0.2, 0) is 6.18 Å². The maximum atomic E-state index is 12.3. The van der Waals surface area contributed by atoms with Crippen molar-refractivity contribution in [3.8, 4) is 0 Å². The third kappa shape index (κ3) is 1.60. The van der Waals surface area contributed by atoms with Gasteiger partial charge in [-0.25, -0.2) is 0 Å². The van der Waals surface area contributed by atoms with Crippen LogP contribution in [0.25, 0.3) is 10.1 Å². The van der Waals surface area contributed by atoms with Crippen molar-refractivity contribution < 1.29 is 13.2 Å². The Labute approximate surface area is 86.9 Å². The number of hydrogen-bond acceptors (Lipinski definition) is 1. The normalized spacial score (nSPS) is 12.3. The summed E-state index contributed by atoms with van der Waals surface area (Å²) in [5.74, 6) is 0. The highest BCUT2D eigenvalue weighted by Gasteiger charge is 2.31. The van der Waals surface area contributed by atoms with E-state index in [2.05, 4.69) is 0 Å². The zero-order valence-corrected chi connectivity index (χ0v) is 8.30. The van der Waals surface area contributed by atoms with E-state index in [4.69, 9.17) is 11.6 Å². The molecule has 74 valence electrons. The van der Waals surface area contributed by atoms with Crippen molar-refractivity contribution in [1.82, 2.24) is 0 Å². The van der Waals surface area contributed by atoms with Gasteiger partial charge >= 0.3 is 6.18 Å². The molecule has 0 fully saturated rings. The number of rotatable bonds is 0. The Morgan fingerprint density at radius 2 is 1.93 bits per heavy atom. The molecule has 1 heterocycles. The van der Waals surface area contributed by atoms with Crippen molar-refractivity contribution in [1.29, 1.82) is 0 Å². The summed E-state index contributed by atoms with van der Waals surface area (Å²) in [6.45, 7) is 0. The van der Waals surface area contributed by atoms with E-state index in [0.717, 1.165) is 12.1 Å². The van der Waals surface area contributed by atoms with Gasteiger partial charge in [0, 0.05) is 0 Å². The second kappa shape index (κ2) is 3.14. The van der Waals surface area contributed by atoms with E-state index in [1.54, 1.807) is 11.4 Å². The smallest absolute Gasteiger partial charge is 0.166 e. The van der Waals surface area contributed by atoms with Gasteiger partial charge in [0.25, 0.3) is 0 Å². The van der Waals surface area contributed by atoms with E-state index < -0.39 is 11.7 Å². The fourth-order valence-corrected chi connectivity index (χ4v) is 2.35. The molecule has 14 heavy (non-hydrogen) atoms. The van der Waals surface area contributed by atoms with Crippen molar-refractivity contribution in [3.63, 3.8) is 0 Å². The standard InChI is InChI=1S/C9H4ClF3S/c10-7-4-6(9(11,12)13)3-5-1-2-14-8(5)7/h1-4H. The highest BCUT2D eigenvalue weighted by Crippen LogP contribution is 2.36. The first-order chi connectivity index (χ1) is 6.48. The van der Waals surface area contributed by atoms with E-state index in [1.807, 2.05) is 0 Å². The zero-order chi connectivity index (χ0) is 10.3. The van der Waals surface area contributed by atoms with Crippen molar-refractivity contribution >= 4 is 33.0 Å². The van der Waals surface area contributed by atoms with E-state index >= 15 is 0 Å². The molecular weight excluding hydrogens is 233 g/mol. The molecule has 0 unspecified atom stereocenters. The van der Waals surface area contributed by atoms with Gasteiger partial charge in [0.05, 0.1) is 15.3 Å². The Balaban J connectivity index is 2.70. The van der Waals surface area contributed by atoms with Crippen LogP contribution in [0, 0.1) is 0 Å². The summed E-state index contributed by atoms with van der Waals surface area (Å²) in [5.41, 5.74) is -0.701. The van der Waals surface area contributed by atoms with E-state index in [-0.39, 0.29) is 5.02 Å². The topological polar surface area (TPSA) is 0 Å². The Morgan fingerprint density at radius 1 is 1.21 bits per heavy atom. The lowest BCUT2D eigenvalue weighted by atomic mass is 10.1. The van der Waals surface area contributed by atoms with E-state index in [9.17, 15) is 13.2 Å². The van der Waals surface area contributed by atoms with Crippen LogP contribution in [0.15, 0.2) is 23.6 Å². The molecule has 0 saturated carbocycles. The van der Waals surface area contributed by atoms with Gasteiger partial charge in [0.15, 0.2) is 0 Å². The average molecular weight is 237 g/mol. The fourth-order valence-electron chi connectivity index (χ4n) is 1.20. The first kappa shape index (κ1) is 9.80. The molecule has 0 spiro atoms. The molecule has 0 saturated heterocycles. The molecule has 0 N–H and O–H groups in total. The average Bonchev–Trinajstić information content (AvgIpc) is 2.50. The minimum atomic E-state index is -4.33. The second-order valence-electron chi connectivity index (χ2n) is 2.79. The number of halogens is 4. The molecule has 0 aliphatic heterocycles. The van der Waals surface area contributed by atoms with Crippen LogP contribution in [0.5, 0.6) is 0 Å². The van der Waals surface area contributed by atoms with Crippen LogP contribution in [0.3, 0.4) is 0 Å². The van der Waals surface area contributed by atoms with Gasteiger partial charge in [-0.05, 0) is 29.0 Å². The molecule has 0 amide bonds. The van der Waals surface area contributed by atoms with Crippen molar-refractivity contribution in [2.24, 2.45) is 0 Å². The van der Waals surface area contributed by atoms with Crippen molar-refractivity contribution in [2.75, 3.05) is 0 Å². The monoisotopic (exact) mass is 236 g/mol. The summed E-state index contributed by atoms with van der Waals surface area (Å²) in [6, 6.07) is 3.69. The Kier molecular flexibility index (Phi) is 2.20. The van der Waals surface area contributed by atoms with Gasteiger partial charge in [0.1, 0.15) is 0 Å². The van der Waals surface area contributed by atoms with Crippen LogP contribution >= 0.6 is 22.9 Å². The molecular formula is C9H4ClF3S. The van der Waals surface area contributed by atoms with Gasteiger partial charge in [-0.1, -0.05) is 11.6 Å². The third-order valence-corrected chi connectivity index (χ3v) is 3.21. The zero-order valence-electron chi connectivity index (χ0n) is 6.73. The summed E-state index contributed by atoms with van der Waals surface area (Å²) in [5, 5.41) is 2.41. The summed E-state index contributed by atoms with van der Waals surface area (Å²) in [4.78, 5) is 0. The van der Waals surface area contributed by atoms with Crippen LogP contribution in [0.2, 0.25) is 5.02 Å². The molecule has 0 aliphatic rings. The number of benzene rings is 1. The Bertz CT molecular complexity index is 472. The lowest BCUT2D eigenvalue weighted by Gasteiger charge is -2.07. The quantitative estimate of drug-likeness (QED) is 0.628.